The van der Waals surface area contributed by atoms with Crippen LogP contribution < -0.4 is 5.32 Å². The SMILES string of the molecule is CCc1nc(CN(C)C)ncc1CNC(C)(C)C. The molecule has 0 amide bonds. The van der Waals surface area contributed by atoms with Gasteiger partial charge in [-0.25, -0.2) is 9.97 Å². The summed E-state index contributed by atoms with van der Waals surface area (Å²) in [6.45, 7) is 10.3. The summed E-state index contributed by atoms with van der Waals surface area (Å²) in [4.78, 5) is 11.2. The predicted octanol–water partition coefficient (Wildman–Crippen LogP) is 1.99. The average molecular weight is 250 g/mol. The third-order valence-electron chi connectivity index (χ3n) is 2.61. The van der Waals surface area contributed by atoms with Crippen molar-refractivity contribution in [3.05, 3.63) is 23.3 Å². The normalized spacial score (nSPS) is 12.2. The van der Waals surface area contributed by atoms with Crippen LogP contribution in [0, 0.1) is 0 Å². The van der Waals surface area contributed by atoms with Crippen molar-refractivity contribution in [2.24, 2.45) is 0 Å². The van der Waals surface area contributed by atoms with Crippen LogP contribution in [0.25, 0.3) is 0 Å². The van der Waals surface area contributed by atoms with Gasteiger partial charge in [0.25, 0.3) is 0 Å². The predicted molar refractivity (Wildman–Crippen MR) is 75.4 cm³/mol. The molecule has 1 aromatic rings. The first-order chi connectivity index (χ1) is 8.31. The van der Waals surface area contributed by atoms with Gasteiger partial charge in [0.05, 0.1) is 6.54 Å². The summed E-state index contributed by atoms with van der Waals surface area (Å²) in [7, 11) is 4.06. The molecule has 0 aliphatic rings. The number of aryl methyl sites for hydroxylation is 1. The van der Waals surface area contributed by atoms with Gasteiger partial charge in [0.15, 0.2) is 0 Å². The van der Waals surface area contributed by atoms with Gasteiger partial charge in [-0.3, -0.25) is 0 Å². The maximum absolute atomic E-state index is 4.64. The lowest BCUT2D eigenvalue weighted by Crippen LogP contribution is -2.35. The molecular weight excluding hydrogens is 224 g/mol. The molecular formula is C14H26N4. The Hall–Kier alpha value is -1.00. The quantitative estimate of drug-likeness (QED) is 0.867. The summed E-state index contributed by atoms with van der Waals surface area (Å²) in [6, 6.07) is 0. The van der Waals surface area contributed by atoms with E-state index >= 15 is 0 Å². The second kappa shape index (κ2) is 6.25. The minimum atomic E-state index is 0.118. The Morgan fingerprint density at radius 2 is 1.94 bits per heavy atom. The molecule has 0 saturated heterocycles. The molecule has 0 bridgehead atoms. The highest BCUT2D eigenvalue weighted by Gasteiger charge is 2.11. The Bertz CT molecular complexity index is 380. The van der Waals surface area contributed by atoms with E-state index in [1.54, 1.807) is 0 Å². The van der Waals surface area contributed by atoms with Crippen LogP contribution in [0.3, 0.4) is 0 Å². The molecule has 0 spiro atoms. The van der Waals surface area contributed by atoms with Gasteiger partial charge < -0.3 is 10.2 Å². The van der Waals surface area contributed by atoms with E-state index in [1.807, 2.05) is 20.3 Å². The molecule has 1 N–H and O–H groups in total. The lowest BCUT2D eigenvalue weighted by atomic mass is 10.1. The van der Waals surface area contributed by atoms with Crippen molar-refractivity contribution in [1.82, 2.24) is 20.2 Å². The zero-order chi connectivity index (χ0) is 13.8. The maximum atomic E-state index is 4.64. The number of hydrogen-bond acceptors (Lipinski definition) is 4. The number of nitrogens with zero attached hydrogens (tertiary/aromatic N) is 3. The van der Waals surface area contributed by atoms with Crippen molar-refractivity contribution in [1.29, 1.82) is 0 Å². The zero-order valence-electron chi connectivity index (χ0n) is 12.5. The molecule has 1 aromatic heterocycles. The molecule has 0 radical (unpaired) electrons. The maximum Gasteiger partial charge on any atom is 0.142 e. The van der Waals surface area contributed by atoms with Crippen molar-refractivity contribution < 1.29 is 0 Å². The Kier molecular flexibility index (Phi) is 5.23. The molecule has 18 heavy (non-hydrogen) atoms. The van der Waals surface area contributed by atoms with Gasteiger partial charge in [-0.1, -0.05) is 6.92 Å². The summed E-state index contributed by atoms with van der Waals surface area (Å²) in [5.74, 6) is 0.899. The minimum Gasteiger partial charge on any atom is -0.308 e. The van der Waals surface area contributed by atoms with Crippen molar-refractivity contribution in [3.8, 4) is 0 Å². The van der Waals surface area contributed by atoms with E-state index in [0.717, 1.165) is 31.0 Å². The van der Waals surface area contributed by atoms with Gasteiger partial charge in [0, 0.05) is 29.5 Å². The first kappa shape index (κ1) is 15.1. The van der Waals surface area contributed by atoms with E-state index in [4.69, 9.17) is 0 Å². The van der Waals surface area contributed by atoms with Crippen molar-refractivity contribution in [2.75, 3.05) is 14.1 Å². The van der Waals surface area contributed by atoms with Crippen LogP contribution in [0.4, 0.5) is 0 Å². The highest BCUT2D eigenvalue weighted by atomic mass is 15.1. The highest BCUT2D eigenvalue weighted by molar-refractivity contribution is 5.18. The molecule has 0 aliphatic heterocycles. The number of hydrogen-bond donors (Lipinski definition) is 1. The van der Waals surface area contributed by atoms with Crippen molar-refractivity contribution >= 4 is 0 Å². The molecule has 0 aliphatic carbocycles. The smallest absolute Gasteiger partial charge is 0.142 e. The van der Waals surface area contributed by atoms with Gasteiger partial charge in [0.2, 0.25) is 0 Å². The highest BCUT2D eigenvalue weighted by Crippen LogP contribution is 2.09. The summed E-state index contributed by atoms with van der Waals surface area (Å²) < 4.78 is 0. The monoisotopic (exact) mass is 250 g/mol. The molecule has 0 fully saturated rings. The van der Waals surface area contributed by atoms with Crippen LogP contribution in [0.1, 0.15) is 44.8 Å². The molecule has 0 atom stereocenters. The van der Waals surface area contributed by atoms with E-state index in [-0.39, 0.29) is 5.54 Å². The zero-order valence-corrected chi connectivity index (χ0v) is 12.5. The van der Waals surface area contributed by atoms with Crippen LogP contribution in [-0.4, -0.2) is 34.5 Å². The Morgan fingerprint density at radius 3 is 2.44 bits per heavy atom. The van der Waals surface area contributed by atoms with Gasteiger partial charge in [0.1, 0.15) is 5.82 Å². The first-order valence-electron chi connectivity index (χ1n) is 6.55. The molecule has 0 aromatic carbocycles. The van der Waals surface area contributed by atoms with Gasteiger partial charge in [-0.05, 0) is 41.3 Å². The van der Waals surface area contributed by atoms with Crippen LogP contribution in [0.15, 0.2) is 6.20 Å². The second-order valence-corrected chi connectivity index (χ2v) is 5.95. The van der Waals surface area contributed by atoms with E-state index in [9.17, 15) is 0 Å². The average Bonchev–Trinajstić information content (AvgIpc) is 2.25. The fourth-order valence-corrected chi connectivity index (χ4v) is 1.66. The fourth-order valence-electron chi connectivity index (χ4n) is 1.66. The lowest BCUT2D eigenvalue weighted by molar-refractivity contribution is 0.388. The van der Waals surface area contributed by atoms with Crippen molar-refractivity contribution in [3.63, 3.8) is 0 Å². The summed E-state index contributed by atoms with van der Waals surface area (Å²) >= 11 is 0. The Balaban J connectivity index is 2.80. The van der Waals surface area contributed by atoms with E-state index in [0.29, 0.717) is 0 Å². The Labute approximate surface area is 111 Å². The molecule has 4 heteroatoms. The number of aromatic nitrogens is 2. The molecule has 1 heterocycles. The topological polar surface area (TPSA) is 41.1 Å². The summed E-state index contributed by atoms with van der Waals surface area (Å²) in [6.07, 6.45) is 2.91. The van der Waals surface area contributed by atoms with Gasteiger partial charge in [-0.15, -0.1) is 0 Å². The summed E-state index contributed by atoms with van der Waals surface area (Å²) in [5, 5.41) is 3.48. The summed E-state index contributed by atoms with van der Waals surface area (Å²) in [5.41, 5.74) is 2.47. The molecule has 102 valence electrons. The minimum absolute atomic E-state index is 0.118. The first-order valence-corrected chi connectivity index (χ1v) is 6.55. The van der Waals surface area contributed by atoms with E-state index < -0.39 is 0 Å². The van der Waals surface area contributed by atoms with Crippen LogP contribution in [0.2, 0.25) is 0 Å². The molecule has 4 nitrogen and oxygen atoms in total. The van der Waals surface area contributed by atoms with Gasteiger partial charge in [-0.2, -0.15) is 0 Å². The number of rotatable bonds is 5. The lowest BCUT2D eigenvalue weighted by Gasteiger charge is -2.21. The second-order valence-electron chi connectivity index (χ2n) is 5.95. The van der Waals surface area contributed by atoms with Crippen LogP contribution in [-0.2, 0) is 19.5 Å². The molecule has 1 rings (SSSR count). The van der Waals surface area contributed by atoms with Crippen LogP contribution in [0.5, 0.6) is 0 Å². The Morgan fingerprint density at radius 1 is 1.28 bits per heavy atom. The largest absolute Gasteiger partial charge is 0.308 e. The third kappa shape index (κ3) is 5.10. The fraction of sp³-hybridized carbons (Fsp3) is 0.714. The van der Waals surface area contributed by atoms with E-state index in [2.05, 4.69) is 47.9 Å². The molecule has 0 saturated carbocycles. The third-order valence-corrected chi connectivity index (χ3v) is 2.61. The van der Waals surface area contributed by atoms with Crippen LogP contribution >= 0.6 is 0 Å². The standard InChI is InChI=1S/C14H26N4/c1-7-12-11(9-16-14(2,3)4)8-15-13(17-12)10-18(5)6/h8,16H,7,9-10H2,1-6H3. The molecule has 0 unspecified atom stereocenters. The van der Waals surface area contributed by atoms with Crippen molar-refractivity contribution in [2.45, 2.75) is 52.7 Å². The van der Waals surface area contributed by atoms with E-state index in [1.165, 1.54) is 5.56 Å². The number of nitrogens with one attached hydrogen (secondary N) is 1. The van der Waals surface area contributed by atoms with Gasteiger partial charge >= 0.3 is 0 Å².